The smallest absolute Gasteiger partial charge is 0.340 e. The molecule has 2 aliphatic rings. The van der Waals surface area contributed by atoms with E-state index in [0.717, 1.165) is 5.56 Å². The fraction of sp³-hybridized carbons (Fsp3) is 0.250. The molecule has 6 heteroatoms. The lowest BCUT2D eigenvalue weighted by atomic mass is 10.1. The Balaban J connectivity index is 1.53. The Morgan fingerprint density at radius 2 is 1.81 bits per heavy atom. The molecule has 2 aromatic rings. The van der Waals surface area contributed by atoms with Crippen LogP contribution in [0.3, 0.4) is 0 Å². The Kier molecular flexibility index (Phi) is 4.16. The van der Waals surface area contributed by atoms with Crippen LogP contribution in [0.15, 0.2) is 54.6 Å². The number of hydrogen-bond donors (Lipinski definition) is 1. The number of hydrogen-bond acceptors (Lipinski definition) is 4. The Hall–Kier alpha value is -3.15. The molecule has 2 atom stereocenters. The number of rotatable bonds is 4. The number of likely N-dealkylation sites (tertiary alicyclic amines) is 1. The number of cyclic esters (lactones) is 1. The number of esters is 1. The molecule has 2 aromatic carbocycles. The van der Waals surface area contributed by atoms with E-state index in [9.17, 15) is 14.4 Å². The molecule has 0 spiro atoms. The number of carbonyl (C=O) groups excluding carboxylic acids is 3. The summed E-state index contributed by atoms with van der Waals surface area (Å²) in [6.45, 7) is 0.388. The third-order valence-electron chi connectivity index (χ3n) is 4.79. The van der Waals surface area contributed by atoms with Crippen LogP contribution in [-0.4, -0.2) is 28.7 Å². The molecule has 0 saturated carbocycles. The third kappa shape index (κ3) is 2.83. The molecule has 2 heterocycles. The Morgan fingerprint density at radius 1 is 1.08 bits per heavy atom. The Bertz CT molecular complexity index is 865. The highest BCUT2D eigenvalue weighted by atomic mass is 16.6. The van der Waals surface area contributed by atoms with E-state index in [1.54, 1.807) is 24.3 Å². The van der Waals surface area contributed by atoms with Gasteiger partial charge in [-0.25, -0.2) is 4.79 Å². The zero-order valence-electron chi connectivity index (χ0n) is 14.1. The van der Waals surface area contributed by atoms with Crippen molar-refractivity contribution in [1.29, 1.82) is 0 Å². The molecule has 1 unspecified atom stereocenters. The number of fused-ring (bicyclic) bond motifs is 1. The predicted molar refractivity (Wildman–Crippen MR) is 92.8 cm³/mol. The SMILES string of the molecule is O=C1OC(N2C(=O)CC[C@H]2C(=O)NCc2ccccc2)c2ccccc21. The molecular formula is C20H18N2O4. The molecule has 0 aliphatic carbocycles. The van der Waals surface area contributed by atoms with Crippen LogP contribution in [0.5, 0.6) is 0 Å². The van der Waals surface area contributed by atoms with Crippen molar-refractivity contribution >= 4 is 17.8 Å². The quantitative estimate of drug-likeness (QED) is 0.858. The van der Waals surface area contributed by atoms with Gasteiger partial charge in [0, 0.05) is 18.5 Å². The van der Waals surface area contributed by atoms with Crippen molar-refractivity contribution in [3.8, 4) is 0 Å². The lowest BCUT2D eigenvalue weighted by Gasteiger charge is -2.29. The molecule has 2 amide bonds. The summed E-state index contributed by atoms with van der Waals surface area (Å²) < 4.78 is 5.42. The van der Waals surface area contributed by atoms with Crippen molar-refractivity contribution in [2.24, 2.45) is 0 Å². The van der Waals surface area contributed by atoms with E-state index in [4.69, 9.17) is 4.74 Å². The first-order valence-electron chi connectivity index (χ1n) is 8.58. The third-order valence-corrected chi connectivity index (χ3v) is 4.79. The maximum atomic E-state index is 12.7. The van der Waals surface area contributed by atoms with Crippen molar-refractivity contribution < 1.29 is 19.1 Å². The minimum Gasteiger partial charge on any atom is -0.433 e. The fourth-order valence-corrected chi connectivity index (χ4v) is 3.49. The zero-order valence-corrected chi connectivity index (χ0v) is 14.1. The predicted octanol–water partition coefficient (Wildman–Crippen LogP) is 2.16. The summed E-state index contributed by atoms with van der Waals surface area (Å²) in [5, 5.41) is 2.88. The van der Waals surface area contributed by atoms with Crippen molar-refractivity contribution in [3.05, 3.63) is 71.3 Å². The van der Waals surface area contributed by atoms with Gasteiger partial charge in [-0.2, -0.15) is 0 Å². The van der Waals surface area contributed by atoms with Crippen LogP contribution < -0.4 is 5.32 Å². The van der Waals surface area contributed by atoms with Crippen molar-refractivity contribution in [3.63, 3.8) is 0 Å². The van der Waals surface area contributed by atoms with E-state index < -0.39 is 18.2 Å². The second-order valence-electron chi connectivity index (χ2n) is 6.40. The number of nitrogens with zero attached hydrogens (tertiary/aromatic N) is 1. The lowest BCUT2D eigenvalue weighted by Crippen LogP contribution is -2.46. The first-order chi connectivity index (χ1) is 12.6. The van der Waals surface area contributed by atoms with Crippen LogP contribution in [0.2, 0.25) is 0 Å². The van der Waals surface area contributed by atoms with Gasteiger partial charge < -0.3 is 10.1 Å². The van der Waals surface area contributed by atoms with Gasteiger partial charge in [0.05, 0.1) is 5.56 Å². The molecule has 4 rings (SSSR count). The maximum Gasteiger partial charge on any atom is 0.340 e. The Morgan fingerprint density at radius 3 is 2.62 bits per heavy atom. The van der Waals surface area contributed by atoms with Gasteiger partial charge >= 0.3 is 5.97 Å². The van der Waals surface area contributed by atoms with Gasteiger partial charge in [-0.15, -0.1) is 0 Å². The summed E-state index contributed by atoms with van der Waals surface area (Å²) in [5.41, 5.74) is 2.06. The molecule has 0 aromatic heterocycles. The largest absolute Gasteiger partial charge is 0.433 e. The summed E-state index contributed by atoms with van der Waals surface area (Å²) in [6, 6.07) is 15.9. The van der Waals surface area contributed by atoms with Gasteiger partial charge in [-0.1, -0.05) is 48.5 Å². The molecular weight excluding hydrogens is 332 g/mol. The minimum absolute atomic E-state index is 0.181. The highest BCUT2D eigenvalue weighted by Crippen LogP contribution is 2.38. The van der Waals surface area contributed by atoms with Crippen LogP contribution in [0, 0.1) is 0 Å². The van der Waals surface area contributed by atoms with E-state index in [1.807, 2.05) is 30.3 Å². The summed E-state index contributed by atoms with van der Waals surface area (Å²) in [5.74, 6) is -0.881. The van der Waals surface area contributed by atoms with E-state index >= 15 is 0 Å². The van der Waals surface area contributed by atoms with Gasteiger partial charge in [0.1, 0.15) is 6.04 Å². The maximum absolute atomic E-state index is 12.7. The first-order valence-corrected chi connectivity index (χ1v) is 8.58. The van der Waals surface area contributed by atoms with Crippen LogP contribution in [-0.2, 0) is 20.9 Å². The molecule has 1 saturated heterocycles. The van der Waals surface area contributed by atoms with Gasteiger partial charge in [-0.3, -0.25) is 14.5 Å². The zero-order chi connectivity index (χ0) is 18.1. The van der Waals surface area contributed by atoms with E-state index in [2.05, 4.69) is 5.32 Å². The van der Waals surface area contributed by atoms with Crippen LogP contribution in [0.4, 0.5) is 0 Å². The van der Waals surface area contributed by atoms with Gasteiger partial charge in [0.15, 0.2) is 0 Å². The second-order valence-corrected chi connectivity index (χ2v) is 6.40. The molecule has 26 heavy (non-hydrogen) atoms. The van der Waals surface area contributed by atoms with Crippen molar-refractivity contribution in [2.45, 2.75) is 31.7 Å². The number of amides is 2. The van der Waals surface area contributed by atoms with Gasteiger partial charge in [0.25, 0.3) is 0 Å². The van der Waals surface area contributed by atoms with Crippen LogP contribution >= 0.6 is 0 Å². The van der Waals surface area contributed by atoms with E-state index in [1.165, 1.54) is 4.90 Å². The Labute approximate surface area is 150 Å². The van der Waals surface area contributed by atoms with Gasteiger partial charge in [-0.05, 0) is 18.1 Å². The second kappa shape index (κ2) is 6.63. The standard InChI is InChI=1S/C20H18N2O4/c23-17-11-10-16(18(24)21-12-13-6-2-1-3-7-13)22(17)19-14-8-4-5-9-15(14)20(25)26-19/h1-9,16,19H,10-12H2,(H,21,24)/t16-,19?/m0/s1. The van der Waals surface area contributed by atoms with Gasteiger partial charge in [0.2, 0.25) is 18.0 Å². The monoisotopic (exact) mass is 350 g/mol. The summed E-state index contributed by atoms with van der Waals surface area (Å²) in [4.78, 5) is 38.6. The highest BCUT2D eigenvalue weighted by molar-refractivity contribution is 5.96. The van der Waals surface area contributed by atoms with Crippen molar-refractivity contribution in [2.75, 3.05) is 0 Å². The molecule has 132 valence electrons. The van der Waals surface area contributed by atoms with E-state index in [0.29, 0.717) is 24.1 Å². The molecule has 0 bridgehead atoms. The summed E-state index contributed by atoms with van der Waals surface area (Å²) in [7, 11) is 0. The molecule has 1 fully saturated rings. The normalized spacial score (nSPS) is 21.5. The molecule has 0 radical (unpaired) electrons. The van der Waals surface area contributed by atoms with Crippen LogP contribution in [0.1, 0.15) is 40.6 Å². The number of benzene rings is 2. The average Bonchev–Trinajstić information content (AvgIpc) is 3.21. The summed E-state index contributed by atoms with van der Waals surface area (Å²) in [6.07, 6.45) is -0.156. The minimum atomic E-state index is -0.832. The molecule has 6 nitrogen and oxygen atoms in total. The average molecular weight is 350 g/mol. The first kappa shape index (κ1) is 16.3. The fourth-order valence-electron chi connectivity index (χ4n) is 3.49. The van der Waals surface area contributed by atoms with Crippen molar-refractivity contribution in [1.82, 2.24) is 10.2 Å². The van der Waals surface area contributed by atoms with E-state index in [-0.39, 0.29) is 18.2 Å². The number of carbonyl (C=O) groups is 3. The number of nitrogens with one attached hydrogen (secondary N) is 1. The molecule has 2 aliphatic heterocycles. The topological polar surface area (TPSA) is 75.7 Å². The molecule has 1 N–H and O–H groups in total. The highest BCUT2D eigenvalue weighted by Gasteiger charge is 2.46. The van der Waals surface area contributed by atoms with Crippen LogP contribution in [0.25, 0.3) is 0 Å². The lowest BCUT2D eigenvalue weighted by molar-refractivity contribution is -0.145. The number of ether oxygens (including phenoxy) is 1. The summed E-state index contributed by atoms with van der Waals surface area (Å²) >= 11 is 0.